The molecular formula is C15H28N2O2. The highest BCUT2D eigenvalue weighted by Crippen LogP contribution is 2.24. The van der Waals surface area contributed by atoms with Crippen molar-refractivity contribution < 1.29 is 9.53 Å². The molecule has 1 amide bonds. The van der Waals surface area contributed by atoms with Crippen molar-refractivity contribution in [2.75, 3.05) is 39.8 Å². The highest BCUT2D eigenvalue weighted by atomic mass is 16.5. The number of amides is 1. The van der Waals surface area contributed by atoms with Crippen LogP contribution in [0.15, 0.2) is 0 Å². The Hall–Kier alpha value is -0.610. The summed E-state index contributed by atoms with van der Waals surface area (Å²) >= 11 is 0. The van der Waals surface area contributed by atoms with Crippen molar-refractivity contribution >= 4 is 5.91 Å². The van der Waals surface area contributed by atoms with E-state index in [-0.39, 0.29) is 12.0 Å². The molecule has 1 saturated carbocycles. The van der Waals surface area contributed by atoms with Crippen LogP contribution in [0.4, 0.5) is 0 Å². The van der Waals surface area contributed by atoms with Crippen LogP contribution >= 0.6 is 0 Å². The van der Waals surface area contributed by atoms with Crippen LogP contribution in [0, 0.1) is 5.92 Å². The van der Waals surface area contributed by atoms with Gasteiger partial charge in [0, 0.05) is 19.6 Å². The molecule has 1 heterocycles. The number of rotatable bonds is 4. The average molecular weight is 268 g/mol. The second-order valence-corrected chi connectivity index (χ2v) is 6.22. The summed E-state index contributed by atoms with van der Waals surface area (Å²) in [5.74, 6) is 1.06. The van der Waals surface area contributed by atoms with Gasteiger partial charge >= 0.3 is 0 Å². The van der Waals surface area contributed by atoms with Gasteiger partial charge in [-0.05, 0) is 32.7 Å². The summed E-state index contributed by atoms with van der Waals surface area (Å²) in [7, 11) is 2.08. The molecule has 0 aromatic heterocycles. The molecule has 0 unspecified atom stereocenters. The average Bonchev–Trinajstić information content (AvgIpc) is 2.39. The van der Waals surface area contributed by atoms with Crippen molar-refractivity contribution in [2.45, 2.75) is 45.1 Å². The van der Waals surface area contributed by atoms with Gasteiger partial charge in [0.1, 0.15) is 0 Å². The van der Waals surface area contributed by atoms with Gasteiger partial charge in [-0.1, -0.05) is 19.3 Å². The van der Waals surface area contributed by atoms with Crippen LogP contribution in [0.5, 0.6) is 0 Å². The van der Waals surface area contributed by atoms with E-state index in [1.807, 2.05) is 11.8 Å². The van der Waals surface area contributed by atoms with Gasteiger partial charge in [-0.25, -0.2) is 0 Å². The lowest BCUT2D eigenvalue weighted by molar-refractivity contribution is -0.139. The largest absolute Gasteiger partial charge is 0.375 e. The smallest absolute Gasteiger partial charge is 0.236 e. The van der Waals surface area contributed by atoms with Crippen molar-refractivity contribution in [2.24, 2.45) is 5.92 Å². The maximum Gasteiger partial charge on any atom is 0.236 e. The minimum Gasteiger partial charge on any atom is -0.375 e. The summed E-state index contributed by atoms with van der Waals surface area (Å²) in [6.07, 6.45) is 6.99. The van der Waals surface area contributed by atoms with Gasteiger partial charge in [0.25, 0.3) is 0 Å². The van der Waals surface area contributed by atoms with Crippen LogP contribution in [0.2, 0.25) is 0 Å². The summed E-state index contributed by atoms with van der Waals surface area (Å²) in [6.45, 7) is 5.84. The number of carbonyl (C=O) groups is 1. The molecule has 2 rings (SSSR count). The highest BCUT2D eigenvalue weighted by molar-refractivity contribution is 5.78. The zero-order valence-corrected chi connectivity index (χ0v) is 12.4. The zero-order valence-electron chi connectivity index (χ0n) is 12.4. The number of likely N-dealkylation sites (N-methyl/N-ethyl adjacent to an activating group) is 1. The Kier molecular flexibility index (Phi) is 5.64. The van der Waals surface area contributed by atoms with Crippen LogP contribution in [0.1, 0.15) is 39.0 Å². The Balaban J connectivity index is 1.71. The first-order chi connectivity index (χ1) is 9.15. The minimum atomic E-state index is 0.182. The van der Waals surface area contributed by atoms with E-state index in [9.17, 15) is 4.79 Å². The maximum atomic E-state index is 12.2. The molecule has 4 nitrogen and oxygen atoms in total. The molecule has 0 bridgehead atoms. The van der Waals surface area contributed by atoms with Gasteiger partial charge in [-0.15, -0.1) is 0 Å². The molecule has 4 heteroatoms. The molecule has 0 spiro atoms. The maximum absolute atomic E-state index is 12.2. The minimum absolute atomic E-state index is 0.182. The summed E-state index contributed by atoms with van der Waals surface area (Å²) in [4.78, 5) is 16.4. The lowest BCUT2D eigenvalue weighted by Gasteiger charge is -2.33. The Morgan fingerprint density at radius 2 is 2.05 bits per heavy atom. The first kappa shape index (κ1) is 14.8. The molecule has 0 aromatic carbocycles. The lowest BCUT2D eigenvalue weighted by atomic mass is 9.89. The number of morpholine rings is 1. The summed E-state index contributed by atoms with van der Waals surface area (Å²) in [6, 6.07) is 0. The van der Waals surface area contributed by atoms with Crippen molar-refractivity contribution in [1.29, 1.82) is 0 Å². The number of ether oxygens (including phenoxy) is 1. The van der Waals surface area contributed by atoms with Crippen molar-refractivity contribution in [3.8, 4) is 0 Å². The molecule has 19 heavy (non-hydrogen) atoms. The Morgan fingerprint density at radius 3 is 2.74 bits per heavy atom. The van der Waals surface area contributed by atoms with Crippen molar-refractivity contribution in [3.63, 3.8) is 0 Å². The second-order valence-electron chi connectivity index (χ2n) is 6.22. The van der Waals surface area contributed by atoms with Crippen LogP contribution in [-0.2, 0) is 9.53 Å². The molecule has 1 atom stereocenters. The Labute approximate surface area is 117 Å². The quantitative estimate of drug-likeness (QED) is 0.778. The van der Waals surface area contributed by atoms with Gasteiger partial charge in [-0.3, -0.25) is 9.69 Å². The number of nitrogens with zero attached hydrogens (tertiary/aromatic N) is 2. The molecule has 0 aromatic rings. The second kappa shape index (κ2) is 7.25. The number of carbonyl (C=O) groups excluding carboxylic acids is 1. The normalized spacial score (nSPS) is 25.8. The molecule has 2 fully saturated rings. The predicted molar refractivity (Wildman–Crippen MR) is 76.1 cm³/mol. The summed E-state index contributed by atoms with van der Waals surface area (Å²) < 4.78 is 5.48. The monoisotopic (exact) mass is 268 g/mol. The fraction of sp³-hybridized carbons (Fsp3) is 0.933. The third kappa shape index (κ3) is 4.77. The molecule has 2 aliphatic rings. The van der Waals surface area contributed by atoms with Crippen LogP contribution < -0.4 is 0 Å². The van der Waals surface area contributed by atoms with Gasteiger partial charge < -0.3 is 9.64 Å². The SMILES string of the molecule is C[C@H]1CN(C(=O)CN(C)CC2CCCCC2)CCO1. The van der Waals surface area contributed by atoms with Crippen molar-refractivity contribution in [1.82, 2.24) is 9.80 Å². The molecular weight excluding hydrogens is 240 g/mol. The third-order valence-corrected chi connectivity index (χ3v) is 4.29. The van der Waals surface area contributed by atoms with E-state index in [2.05, 4.69) is 11.9 Å². The van der Waals surface area contributed by atoms with E-state index in [0.717, 1.165) is 25.6 Å². The first-order valence-electron chi connectivity index (χ1n) is 7.73. The van der Waals surface area contributed by atoms with E-state index in [1.54, 1.807) is 0 Å². The van der Waals surface area contributed by atoms with Gasteiger partial charge in [0.15, 0.2) is 0 Å². The fourth-order valence-corrected chi connectivity index (χ4v) is 3.25. The highest BCUT2D eigenvalue weighted by Gasteiger charge is 2.23. The van der Waals surface area contributed by atoms with E-state index < -0.39 is 0 Å². The third-order valence-electron chi connectivity index (χ3n) is 4.29. The van der Waals surface area contributed by atoms with Gasteiger partial charge in [-0.2, -0.15) is 0 Å². The fourth-order valence-electron chi connectivity index (χ4n) is 3.25. The van der Waals surface area contributed by atoms with E-state index in [4.69, 9.17) is 4.74 Å². The number of hydrogen-bond acceptors (Lipinski definition) is 3. The Morgan fingerprint density at radius 1 is 1.32 bits per heavy atom. The zero-order chi connectivity index (χ0) is 13.7. The first-order valence-corrected chi connectivity index (χ1v) is 7.73. The van der Waals surface area contributed by atoms with Crippen LogP contribution in [0.3, 0.4) is 0 Å². The van der Waals surface area contributed by atoms with Crippen LogP contribution in [0.25, 0.3) is 0 Å². The standard InChI is InChI=1S/C15H28N2O2/c1-13-10-17(8-9-19-13)15(18)12-16(2)11-14-6-4-3-5-7-14/h13-14H,3-12H2,1-2H3/t13-/m0/s1. The van der Waals surface area contributed by atoms with E-state index in [0.29, 0.717) is 13.2 Å². The number of hydrogen-bond donors (Lipinski definition) is 0. The van der Waals surface area contributed by atoms with Gasteiger partial charge in [0.2, 0.25) is 5.91 Å². The molecule has 1 aliphatic heterocycles. The van der Waals surface area contributed by atoms with Crippen molar-refractivity contribution in [3.05, 3.63) is 0 Å². The molecule has 110 valence electrons. The topological polar surface area (TPSA) is 32.8 Å². The Bertz CT molecular complexity index is 290. The molecule has 1 aliphatic carbocycles. The molecule has 0 N–H and O–H groups in total. The van der Waals surface area contributed by atoms with Crippen LogP contribution in [-0.4, -0.2) is 61.6 Å². The lowest BCUT2D eigenvalue weighted by Crippen LogP contribution is -2.48. The van der Waals surface area contributed by atoms with E-state index >= 15 is 0 Å². The summed E-state index contributed by atoms with van der Waals surface area (Å²) in [5, 5.41) is 0. The van der Waals surface area contributed by atoms with E-state index in [1.165, 1.54) is 32.1 Å². The predicted octanol–water partition coefficient (Wildman–Crippen LogP) is 1.75. The molecule has 0 radical (unpaired) electrons. The summed E-state index contributed by atoms with van der Waals surface area (Å²) in [5.41, 5.74) is 0. The van der Waals surface area contributed by atoms with Gasteiger partial charge in [0.05, 0.1) is 19.3 Å². The molecule has 1 saturated heterocycles.